The molecule has 0 bridgehead atoms. The number of ether oxygens (including phenoxy) is 1. The van der Waals surface area contributed by atoms with E-state index in [2.05, 4.69) is 0 Å². The van der Waals surface area contributed by atoms with Crippen LogP contribution in [0.25, 0.3) is 0 Å². The predicted molar refractivity (Wildman–Crippen MR) is 110 cm³/mol. The first-order chi connectivity index (χ1) is 15.2. The van der Waals surface area contributed by atoms with Crippen LogP contribution in [0.1, 0.15) is 0 Å². The third-order valence-electron chi connectivity index (χ3n) is 4.23. The van der Waals surface area contributed by atoms with E-state index in [9.17, 15) is 40.1 Å². The minimum atomic E-state index is -5.81. The Balaban J connectivity index is 1.92. The van der Waals surface area contributed by atoms with Crippen LogP contribution in [0.5, 0.6) is 11.5 Å². The third kappa shape index (κ3) is 4.94. The standard InChI is InChI=1S/C19H11ClF3NO7S2/c20-12-1-5-14(6-2-12)32(27,28)15-7-3-13(4-8-15)31-18-10-9-16(11-17(18)24(25)26)33(29,30)19(21,22)23/h1-11H. The molecule has 0 saturated heterocycles. The van der Waals surface area contributed by atoms with Crippen LogP contribution in [0.15, 0.2) is 81.4 Å². The van der Waals surface area contributed by atoms with Gasteiger partial charge in [0.15, 0.2) is 0 Å². The molecule has 0 fully saturated rings. The van der Waals surface area contributed by atoms with E-state index >= 15 is 0 Å². The largest absolute Gasteiger partial charge is 0.501 e. The zero-order chi connectivity index (χ0) is 24.6. The smallest absolute Gasteiger partial charge is 0.450 e. The minimum Gasteiger partial charge on any atom is -0.450 e. The number of halogens is 4. The van der Waals surface area contributed by atoms with Crippen molar-refractivity contribution in [2.45, 2.75) is 20.2 Å². The van der Waals surface area contributed by atoms with Gasteiger partial charge >= 0.3 is 11.2 Å². The van der Waals surface area contributed by atoms with Crippen LogP contribution in [0.4, 0.5) is 18.9 Å². The molecule has 33 heavy (non-hydrogen) atoms. The maximum Gasteiger partial charge on any atom is 0.501 e. The molecule has 0 unspecified atom stereocenters. The molecule has 3 aromatic rings. The zero-order valence-corrected chi connectivity index (χ0v) is 18.4. The molecule has 8 nitrogen and oxygen atoms in total. The molecule has 0 saturated carbocycles. The van der Waals surface area contributed by atoms with Crippen molar-refractivity contribution in [1.82, 2.24) is 0 Å². The highest BCUT2D eigenvalue weighted by molar-refractivity contribution is 7.92. The molecule has 0 aromatic heterocycles. The summed E-state index contributed by atoms with van der Waals surface area (Å²) in [5.41, 5.74) is -6.67. The second kappa shape index (κ2) is 8.65. The third-order valence-corrected chi connectivity index (χ3v) is 7.75. The van der Waals surface area contributed by atoms with Gasteiger partial charge in [0.1, 0.15) is 5.75 Å². The molecule has 0 aliphatic heterocycles. The Morgan fingerprint density at radius 3 is 1.79 bits per heavy atom. The summed E-state index contributed by atoms with van der Waals surface area (Å²) in [6.45, 7) is 0. The van der Waals surface area contributed by atoms with Gasteiger partial charge in [0.25, 0.3) is 9.84 Å². The maximum atomic E-state index is 12.7. The molecule has 0 heterocycles. The molecule has 0 spiro atoms. The molecule has 0 aliphatic carbocycles. The number of nitro groups is 1. The Labute approximate surface area is 190 Å². The van der Waals surface area contributed by atoms with Crippen molar-refractivity contribution in [2.24, 2.45) is 0 Å². The number of nitro benzene ring substituents is 1. The van der Waals surface area contributed by atoms with Gasteiger partial charge in [0.05, 0.1) is 19.6 Å². The first-order valence-corrected chi connectivity index (χ1v) is 12.0. The van der Waals surface area contributed by atoms with Gasteiger partial charge in [-0.15, -0.1) is 0 Å². The molecule has 0 atom stereocenters. The second-order valence-electron chi connectivity index (χ2n) is 6.37. The lowest BCUT2D eigenvalue weighted by Crippen LogP contribution is -2.23. The van der Waals surface area contributed by atoms with Crippen LogP contribution in [0.3, 0.4) is 0 Å². The number of benzene rings is 3. The van der Waals surface area contributed by atoms with Crippen molar-refractivity contribution < 1.29 is 39.7 Å². The summed E-state index contributed by atoms with van der Waals surface area (Å²) in [5, 5.41) is 11.6. The van der Waals surface area contributed by atoms with Gasteiger partial charge in [-0.25, -0.2) is 16.8 Å². The van der Waals surface area contributed by atoms with E-state index in [0.717, 1.165) is 12.1 Å². The number of nitrogens with zero attached hydrogens (tertiary/aromatic N) is 1. The van der Waals surface area contributed by atoms with Crippen molar-refractivity contribution in [2.75, 3.05) is 0 Å². The topological polar surface area (TPSA) is 121 Å². The molecule has 3 rings (SSSR count). The van der Waals surface area contributed by atoms with E-state index in [0.29, 0.717) is 17.2 Å². The summed E-state index contributed by atoms with van der Waals surface area (Å²) in [6, 6.07) is 11.5. The van der Waals surface area contributed by atoms with E-state index in [1.165, 1.54) is 36.4 Å². The fourth-order valence-electron chi connectivity index (χ4n) is 2.59. The van der Waals surface area contributed by atoms with E-state index in [-0.39, 0.29) is 21.6 Å². The lowest BCUT2D eigenvalue weighted by molar-refractivity contribution is -0.385. The fourth-order valence-corrected chi connectivity index (χ4v) is 4.76. The van der Waals surface area contributed by atoms with Crippen molar-refractivity contribution in [3.8, 4) is 11.5 Å². The Kier molecular flexibility index (Phi) is 6.42. The molecule has 0 radical (unpaired) electrons. The van der Waals surface area contributed by atoms with Gasteiger partial charge in [-0.05, 0) is 60.7 Å². The molecule has 0 amide bonds. The highest BCUT2D eigenvalue weighted by atomic mass is 35.5. The number of hydrogen-bond donors (Lipinski definition) is 0. The van der Waals surface area contributed by atoms with Gasteiger partial charge < -0.3 is 4.74 Å². The average Bonchev–Trinajstić information content (AvgIpc) is 2.73. The van der Waals surface area contributed by atoms with E-state index in [1.807, 2.05) is 0 Å². The number of alkyl halides is 3. The first-order valence-electron chi connectivity index (χ1n) is 8.62. The van der Waals surface area contributed by atoms with Crippen LogP contribution >= 0.6 is 11.6 Å². The minimum absolute atomic E-state index is 0.0299. The van der Waals surface area contributed by atoms with Crippen molar-refractivity contribution in [1.29, 1.82) is 0 Å². The monoisotopic (exact) mass is 521 g/mol. The highest BCUT2D eigenvalue weighted by Gasteiger charge is 2.47. The summed E-state index contributed by atoms with van der Waals surface area (Å²) >= 11 is 5.75. The number of rotatable bonds is 6. The van der Waals surface area contributed by atoms with Crippen molar-refractivity contribution in [3.05, 3.63) is 81.9 Å². The Hall–Kier alpha value is -3.16. The maximum absolute atomic E-state index is 12.7. The quantitative estimate of drug-likeness (QED) is 0.324. The molecular formula is C19H11ClF3NO7S2. The van der Waals surface area contributed by atoms with E-state index < -0.39 is 46.4 Å². The molecule has 0 N–H and O–H groups in total. The highest BCUT2D eigenvalue weighted by Crippen LogP contribution is 2.37. The Bertz CT molecular complexity index is 1420. The summed E-state index contributed by atoms with van der Waals surface area (Å²) in [5.74, 6) is -0.631. The summed E-state index contributed by atoms with van der Waals surface area (Å²) in [6.07, 6.45) is 0. The van der Waals surface area contributed by atoms with Crippen LogP contribution in [-0.2, 0) is 19.7 Å². The predicted octanol–water partition coefficient (Wildman–Crippen LogP) is 5.17. The van der Waals surface area contributed by atoms with Crippen molar-refractivity contribution >= 4 is 37.0 Å². The van der Waals surface area contributed by atoms with Crippen LogP contribution in [0, 0.1) is 10.1 Å². The zero-order valence-electron chi connectivity index (χ0n) is 16.0. The summed E-state index contributed by atoms with van der Waals surface area (Å²) < 4.78 is 91.8. The van der Waals surface area contributed by atoms with Gasteiger partial charge in [0.2, 0.25) is 15.6 Å². The number of sulfone groups is 2. The van der Waals surface area contributed by atoms with Crippen molar-refractivity contribution in [3.63, 3.8) is 0 Å². The van der Waals surface area contributed by atoms with Crippen LogP contribution < -0.4 is 4.74 Å². The lowest BCUT2D eigenvalue weighted by Gasteiger charge is -2.11. The summed E-state index contributed by atoms with van der Waals surface area (Å²) in [7, 11) is -9.71. The Morgan fingerprint density at radius 2 is 1.30 bits per heavy atom. The van der Waals surface area contributed by atoms with Gasteiger partial charge in [-0.2, -0.15) is 13.2 Å². The second-order valence-corrected chi connectivity index (χ2v) is 10.7. The van der Waals surface area contributed by atoms with E-state index in [4.69, 9.17) is 16.3 Å². The molecule has 174 valence electrons. The van der Waals surface area contributed by atoms with Crippen LogP contribution in [0.2, 0.25) is 5.02 Å². The SMILES string of the molecule is O=[N+]([O-])c1cc(S(=O)(=O)C(F)(F)F)ccc1Oc1ccc(S(=O)(=O)c2ccc(Cl)cc2)cc1. The van der Waals surface area contributed by atoms with Gasteiger partial charge in [-0.3, -0.25) is 10.1 Å². The Morgan fingerprint density at radius 1 is 0.818 bits per heavy atom. The van der Waals surface area contributed by atoms with Gasteiger partial charge in [0, 0.05) is 11.1 Å². The fraction of sp³-hybridized carbons (Fsp3) is 0.0526. The molecule has 3 aromatic carbocycles. The normalized spacial score (nSPS) is 12.4. The molecule has 0 aliphatic rings. The van der Waals surface area contributed by atoms with E-state index in [1.54, 1.807) is 0 Å². The average molecular weight is 522 g/mol. The van der Waals surface area contributed by atoms with Gasteiger partial charge in [-0.1, -0.05) is 11.6 Å². The van der Waals surface area contributed by atoms with Crippen LogP contribution in [-0.4, -0.2) is 27.3 Å². The molecular weight excluding hydrogens is 511 g/mol. The first kappa shape index (κ1) is 24.5. The molecule has 14 heteroatoms. The number of hydrogen-bond acceptors (Lipinski definition) is 7. The summed E-state index contributed by atoms with van der Waals surface area (Å²) in [4.78, 5) is 8.68. The lowest BCUT2D eigenvalue weighted by atomic mass is 10.3.